The van der Waals surface area contributed by atoms with E-state index in [1.165, 1.54) is 0 Å². The van der Waals surface area contributed by atoms with E-state index in [1.54, 1.807) is 29.8 Å². The minimum atomic E-state index is -0.108. The van der Waals surface area contributed by atoms with Gasteiger partial charge in [-0.15, -0.1) is 11.3 Å². The molecule has 3 aromatic rings. The summed E-state index contributed by atoms with van der Waals surface area (Å²) in [7, 11) is 0. The lowest BCUT2D eigenvalue weighted by atomic mass is 10.2. The Kier molecular flexibility index (Phi) is 3.00. The van der Waals surface area contributed by atoms with Gasteiger partial charge in [0.25, 0.3) is 5.91 Å². The minimum Gasteiger partial charge on any atom is -0.345 e. The average molecular weight is 272 g/mol. The number of imidazole rings is 1. The number of hydrogen-bond acceptors (Lipinski definition) is 4. The SMILES string of the molecule is Cc1csc(CNC(=O)c2ccc3nccn3c2)n1. The molecule has 1 amide bonds. The fraction of sp³-hybridized carbons (Fsp3) is 0.154. The molecule has 0 bridgehead atoms. The van der Waals surface area contributed by atoms with E-state index in [9.17, 15) is 4.79 Å². The Hall–Kier alpha value is -2.21. The monoisotopic (exact) mass is 272 g/mol. The van der Waals surface area contributed by atoms with Crippen LogP contribution in [0.25, 0.3) is 5.65 Å². The molecule has 5 nitrogen and oxygen atoms in total. The molecule has 0 aliphatic carbocycles. The summed E-state index contributed by atoms with van der Waals surface area (Å²) in [4.78, 5) is 20.5. The quantitative estimate of drug-likeness (QED) is 0.793. The maximum absolute atomic E-state index is 12.0. The number of pyridine rings is 1. The van der Waals surface area contributed by atoms with E-state index in [0.29, 0.717) is 12.1 Å². The summed E-state index contributed by atoms with van der Waals surface area (Å²) >= 11 is 1.55. The highest BCUT2D eigenvalue weighted by Gasteiger charge is 2.07. The van der Waals surface area contributed by atoms with Gasteiger partial charge in [-0.2, -0.15) is 0 Å². The maximum Gasteiger partial charge on any atom is 0.253 e. The van der Waals surface area contributed by atoms with E-state index in [1.807, 2.05) is 29.0 Å². The molecule has 0 radical (unpaired) electrons. The first-order valence-corrected chi connectivity index (χ1v) is 6.72. The number of carbonyl (C=O) groups is 1. The van der Waals surface area contributed by atoms with Crippen LogP contribution >= 0.6 is 11.3 Å². The van der Waals surface area contributed by atoms with Crippen molar-refractivity contribution in [2.45, 2.75) is 13.5 Å². The number of aromatic nitrogens is 3. The Bertz CT molecular complexity index is 731. The molecule has 0 atom stereocenters. The first-order valence-electron chi connectivity index (χ1n) is 5.84. The maximum atomic E-state index is 12.0. The van der Waals surface area contributed by atoms with Gasteiger partial charge >= 0.3 is 0 Å². The predicted molar refractivity (Wildman–Crippen MR) is 73.2 cm³/mol. The van der Waals surface area contributed by atoms with Crippen molar-refractivity contribution >= 4 is 22.9 Å². The van der Waals surface area contributed by atoms with Crippen molar-refractivity contribution in [1.29, 1.82) is 0 Å². The van der Waals surface area contributed by atoms with Crippen LogP contribution in [0.2, 0.25) is 0 Å². The number of aryl methyl sites for hydroxylation is 1. The van der Waals surface area contributed by atoms with Crippen LogP contribution in [0.3, 0.4) is 0 Å². The summed E-state index contributed by atoms with van der Waals surface area (Å²) in [5, 5.41) is 5.74. The highest BCUT2D eigenvalue weighted by Crippen LogP contribution is 2.09. The minimum absolute atomic E-state index is 0.108. The van der Waals surface area contributed by atoms with Crippen molar-refractivity contribution in [2.75, 3.05) is 0 Å². The van der Waals surface area contributed by atoms with E-state index < -0.39 is 0 Å². The topological polar surface area (TPSA) is 59.3 Å². The summed E-state index contributed by atoms with van der Waals surface area (Å²) in [5.74, 6) is -0.108. The number of thiazole rings is 1. The van der Waals surface area contributed by atoms with E-state index in [4.69, 9.17) is 0 Å². The van der Waals surface area contributed by atoms with Crippen LogP contribution in [0.15, 0.2) is 36.1 Å². The third-order valence-electron chi connectivity index (χ3n) is 2.72. The Morgan fingerprint density at radius 1 is 1.47 bits per heavy atom. The molecular weight excluding hydrogens is 260 g/mol. The van der Waals surface area contributed by atoms with Gasteiger partial charge in [-0.05, 0) is 19.1 Å². The smallest absolute Gasteiger partial charge is 0.253 e. The van der Waals surface area contributed by atoms with Crippen molar-refractivity contribution in [1.82, 2.24) is 19.7 Å². The molecule has 0 saturated carbocycles. The molecule has 0 saturated heterocycles. The molecule has 19 heavy (non-hydrogen) atoms. The summed E-state index contributed by atoms with van der Waals surface area (Å²) in [6.45, 7) is 2.40. The predicted octanol–water partition coefficient (Wildman–Crippen LogP) is 2.03. The zero-order valence-electron chi connectivity index (χ0n) is 10.3. The highest BCUT2D eigenvalue weighted by molar-refractivity contribution is 7.09. The fourth-order valence-corrected chi connectivity index (χ4v) is 2.51. The van der Waals surface area contributed by atoms with Crippen LogP contribution in [-0.2, 0) is 6.54 Å². The van der Waals surface area contributed by atoms with Gasteiger partial charge in [0.1, 0.15) is 10.7 Å². The third-order valence-corrected chi connectivity index (χ3v) is 3.68. The lowest BCUT2D eigenvalue weighted by molar-refractivity contribution is 0.0950. The molecular formula is C13H12N4OS. The van der Waals surface area contributed by atoms with Crippen molar-refractivity contribution in [3.05, 3.63) is 52.4 Å². The zero-order valence-corrected chi connectivity index (χ0v) is 11.1. The molecule has 6 heteroatoms. The second kappa shape index (κ2) is 4.81. The normalized spacial score (nSPS) is 10.8. The summed E-state index contributed by atoms with van der Waals surface area (Å²) in [5.41, 5.74) is 2.42. The largest absolute Gasteiger partial charge is 0.345 e. The molecule has 0 aliphatic heterocycles. The molecule has 3 rings (SSSR count). The first-order chi connectivity index (χ1) is 9.22. The van der Waals surface area contributed by atoms with E-state index >= 15 is 0 Å². The number of nitrogens with one attached hydrogen (secondary N) is 1. The van der Waals surface area contributed by atoms with Crippen molar-refractivity contribution < 1.29 is 4.79 Å². The number of amides is 1. The Morgan fingerprint density at radius 3 is 3.16 bits per heavy atom. The molecule has 0 unspecified atom stereocenters. The Morgan fingerprint density at radius 2 is 2.37 bits per heavy atom. The Balaban J connectivity index is 1.72. The molecule has 96 valence electrons. The molecule has 3 heterocycles. The van der Waals surface area contributed by atoms with E-state index in [2.05, 4.69) is 15.3 Å². The number of fused-ring (bicyclic) bond motifs is 1. The summed E-state index contributed by atoms with van der Waals surface area (Å²) in [6.07, 6.45) is 5.29. The van der Waals surface area contributed by atoms with Gasteiger partial charge in [-0.3, -0.25) is 4.79 Å². The molecule has 1 N–H and O–H groups in total. The second-order valence-corrected chi connectivity index (χ2v) is 5.12. The van der Waals surface area contributed by atoms with Crippen molar-refractivity contribution in [3.63, 3.8) is 0 Å². The fourth-order valence-electron chi connectivity index (χ4n) is 1.80. The summed E-state index contributed by atoms with van der Waals surface area (Å²) in [6, 6.07) is 3.59. The third kappa shape index (κ3) is 2.48. The van der Waals surface area contributed by atoms with Crippen LogP contribution in [-0.4, -0.2) is 20.3 Å². The first kappa shape index (κ1) is 11.9. The van der Waals surface area contributed by atoms with Gasteiger partial charge in [0.15, 0.2) is 0 Å². The van der Waals surface area contributed by atoms with E-state index in [-0.39, 0.29) is 5.91 Å². The number of nitrogens with zero attached hydrogens (tertiary/aromatic N) is 3. The number of carbonyl (C=O) groups excluding carboxylic acids is 1. The molecule has 3 aromatic heterocycles. The zero-order chi connectivity index (χ0) is 13.2. The summed E-state index contributed by atoms with van der Waals surface area (Å²) < 4.78 is 1.82. The van der Waals surface area contributed by atoms with Crippen LogP contribution in [0, 0.1) is 6.92 Å². The molecule has 0 fully saturated rings. The number of hydrogen-bond donors (Lipinski definition) is 1. The van der Waals surface area contributed by atoms with Gasteiger partial charge < -0.3 is 9.72 Å². The standard InChI is InChI=1S/C13H12N4OS/c1-9-8-19-12(16-9)6-15-13(18)10-2-3-11-14-4-5-17(11)7-10/h2-5,7-8H,6H2,1H3,(H,15,18). The molecule has 0 aliphatic rings. The Labute approximate surface area is 113 Å². The van der Waals surface area contributed by atoms with E-state index in [0.717, 1.165) is 16.3 Å². The van der Waals surface area contributed by atoms with Gasteiger partial charge in [-0.25, -0.2) is 9.97 Å². The van der Waals surface area contributed by atoms with Crippen molar-refractivity contribution in [2.24, 2.45) is 0 Å². The van der Waals surface area contributed by atoms with Crippen LogP contribution in [0.5, 0.6) is 0 Å². The van der Waals surface area contributed by atoms with Crippen molar-refractivity contribution in [3.8, 4) is 0 Å². The van der Waals surface area contributed by atoms with Gasteiger partial charge in [0, 0.05) is 29.7 Å². The number of rotatable bonds is 3. The van der Waals surface area contributed by atoms with Crippen LogP contribution in [0.4, 0.5) is 0 Å². The van der Waals surface area contributed by atoms with Gasteiger partial charge in [0.05, 0.1) is 12.1 Å². The van der Waals surface area contributed by atoms with Gasteiger partial charge in [-0.1, -0.05) is 0 Å². The molecule has 0 aromatic carbocycles. The van der Waals surface area contributed by atoms with Gasteiger partial charge in [0.2, 0.25) is 0 Å². The second-order valence-electron chi connectivity index (χ2n) is 4.18. The average Bonchev–Trinajstić information content (AvgIpc) is 3.03. The van der Waals surface area contributed by atoms with Crippen LogP contribution in [0.1, 0.15) is 21.1 Å². The highest BCUT2D eigenvalue weighted by atomic mass is 32.1. The molecule has 0 spiro atoms. The lowest BCUT2D eigenvalue weighted by Gasteiger charge is -2.03. The lowest BCUT2D eigenvalue weighted by Crippen LogP contribution is -2.23. The van der Waals surface area contributed by atoms with Crippen LogP contribution < -0.4 is 5.32 Å².